The van der Waals surface area contributed by atoms with E-state index in [1.165, 1.54) is 0 Å². The molecule has 0 radical (unpaired) electrons. The summed E-state index contributed by atoms with van der Waals surface area (Å²) < 4.78 is 0. The van der Waals surface area contributed by atoms with E-state index in [1.54, 1.807) is 12.3 Å². The van der Waals surface area contributed by atoms with E-state index in [1.807, 2.05) is 25.3 Å². The van der Waals surface area contributed by atoms with Crippen LogP contribution in [0.5, 0.6) is 0 Å². The lowest BCUT2D eigenvalue weighted by Gasteiger charge is -1.99. The van der Waals surface area contributed by atoms with E-state index < -0.39 is 0 Å². The molecule has 0 atom stereocenters. The number of aryl methyl sites for hydroxylation is 1. The Hall–Kier alpha value is -1.02. The highest BCUT2D eigenvalue weighted by Crippen LogP contribution is 2.17. The Morgan fingerprint density at radius 3 is 2.92 bits per heavy atom. The van der Waals surface area contributed by atoms with Gasteiger partial charge in [0.2, 0.25) is 0 Å². The second-order valence-corrected chi connectivity index (χ2v) is 3.02. The Labute approximate surface area is 78.3 Å². The van der Waals surface area contributed by atoms with Crippen LogP contribution in [0.4, 0.5) is 0 Å². The molecule has 1 rings (SSSR count). The van der Waals surface area contributed by atoms with Crippen molar-refractivity contribution >= 4 is 17.5 Å². The minimum atomic E-state index is 0.890. The lowest BCUT2D eigenvalue weighted by atomic mass is 10.2. The standard InChI is InChI=1S/C10H11NS/c1-3-4-10(12)9-5-8(2)6-11-7-9/h3-7,12H,1H2,2H3/b10-4-. The third-order valence-corrected chi connectivity index (χ3v) is 1.85. The topological polar surface area (TPSA) is 12.9 Å². The average Bonchev–Trinajstić information content (AvgIpc) is 2.05. The second kappa shape index (κ2) is 4.12. The number of nitrogens with zero attached hydrogens (tertiary/aromatic N) is 1. The van der Waals surface area contributed by atoms with Gasteiger partial charge in [-0.15, -0.1) is 12.6 Å². The monoisotopic (exact) mass is 177 g/mol. The SMILES string of the molecule is C=C/C=C(\S)c1cncc(C)c1. The van der Waals surface area contributed by atoms with E-state index in [2.05, 4.69) is 24.2 Å². The van der Waals surface area contributed by atoms with E-state index in [-0.39, 0.29) is 0 Å². The van der Waals surface area contributed by atoms with Crippen molar-refractivity contribution in [1.82, 2.24) is 4.98 Å². The first-order valence-corrected chi connectivity index (χ1v) is 4.12. The first-order valence-electron chi connectivity index (χ1n) is 3.67. The fourth-order valence-electron chi connectivity index (χ4n) is 0.903. The van der Waals surface area contributed by atoms with Crippen molar-refractivity contribution < 1.29 is 0 Å². The summed E-state index contributed by atoms with van der Waals surface area (Å²) in [4.78, 5) is 4.95. The number of allylic oxidation sites excluding steroid dienone is 2. The lowest BCUT2D eigenvalue weighted by molar-refractivity contribution is 1.26. The van der Waals surface area contributed by atoms with Gasteiger partial charge in [0, 0.05) is 22.9 Å². The van der Waals surface area contributed by atoms with E-state index in [9.17, 15) is 0 Å². The Balaban J connectivity index is 3.03. The lowest BCUT2D eigenvalue weighted by Crippen LogP contribution is -1.81. The van der Waals surface area contributed by atoms with Gasteiger partial charge in [-0.1, -0.05) is 12.7 Å². The molecule has 0 amide bonds. The van der Waals surface area contributed by atoms with Crippen molar-refractivity contribution in [2.45, 2.75) is 6.92 Å². The van der Waals surface area contributed by atoms with Gasteiger partial charge in [0.25, 0.3) is 0 Å². The maximum absolute atomic E-state index is 4.30. The van der Waals surface area contributed by atoms with Crippen LogP contribution in [0.2, 0.25) is 0 Å². The molecule has 0 aromatic carbocycles. The van der Waals surface area contributed by atoms with Gasteiger partial charge < -0.3 is 0 Å². The summed E-state index contributed by atoms with van der Waals surface area (Å²) in [6.45, 7) is 5.61. The molecule has 0 saturated carbocycles. The van der Waals surface area contributed by atoms with Crippen molar-refractivity contribution in [2.75, 3.05) is 0 Å². The van der Waals surface area contributed by atoms with Crippen LogP contribution in [0, 0.1) is 6.92 Å². The Morgan fingerprint density at radius 1 is 1.58 bits per heavy atom. The zero-order valence-electron chi connectivity index (χ0n) is 6.99. The van der Waals surface area contributed by atoms with Crippen molar-refractivity contribution in [3.8, 4) is 0 Å². The van der Waals surface area contributed by atoms with E-state index >= 15 is 0 Å². The van der Waals surface area contributed by atoms with E-state index in [0.29, 0.717) is 0 Å². The van der Waals surface area contributed by atoms with Gasteiger partial charge in [0.15, 0.2) is 0 Å². The smallest absolute Gasteiger partial charge is 0.0351 e. The summed E-state index contributed by atoms with van der Waals surface area (Å²) in [6, 6.07) is 2.04. The molecule has 0 aliphatic heterocycles. The fraction of sp³-hybridized carbons (Fsp3) is 0.100. The van der Waals surface area contributed by atoms with Gasteiger partial charge >= 0.3 is 0 Å². The molecule has 0 spiro atoms. The number of pyridine rings is 1. The highest BCUT2D eigenvalue weighted by Gasteiger charge is 1.94. The maximum atomic E-state index is 4.30. The van der Waals surface area contributed by atoms with Crippen LogP contribution in [-0.2, 0) is 0 Å². The van der Waals surface area contributed by atoms with Crippen molar-refractivity contribution in [3.63, 3.8) is 0 Å². The number of rotatable bonds is 2. The Morgan fingerprint density at radius 2 is 2.33 bits per heavy atom. The minimum Gasteiger partial charge on any atom is -0.264 e. The van der Waals surface area contributed by atoms with Gasteiger partial charge in [-0.3, -0.25) is 4.98 Å². The second-order valence-electron chi connectivity index (χ2n) is 2.54. The van der Waals surface area contributed by atoms with Crippen LogP contribution < -0.4 is 0 Å². The van der Waals surface area contributed by atoms with Gasteiger partial charge in [0.1, 0.15) is 0 Å². The molecular formula is C10H11NS. The van der Waals surface area contributed by atoms with Crippen LogP contribution in [0.25, 0.3) is 4.91 Å². The summed E-state index contributed by atoms with van der Waals surface area (Å²) in [5.74, 6) is 0. The molecule has 12 heavy (non-hydrogen) atoms. The molecule has 0 N–H and O–H groups in total. The molecule has 1 heterocycles. The maximum Gasteiger partial charge on any atom is 0.0351 e. The largest absolute Gasteiger partial charge is 0.264 e. The molecular weight excluding hydrogens is 166 g/mol. The summed E-state index contributed by atoms with van der Waals surface area (Å²) in [5.41, 5.74) is 2.16. The molecule has 0 aliphatic carbocycles. The van der Waals surface area contributed by atoms with E-state index in [4.69, 9.17) is 0 Å². The van der Waals surface area contributed by atoms with Crippen LogP contribution in [0.3, 0.4) is 0 Å². The number of hydrogen-bond acceptors (Lipinski definition) is 2. The van der Waals surface area contributed by atoms with Crippen LogP contribution >= 0.6 is 12.6 Å². The summed E-state index contributed by atoms with van der Waals surface area (Å²) in [6.07, 6.45) is 7.16. The molecule has 0 bridgehead atoms. The summed E-state index contributed by atoms with van der Waals surface area (Å²) in [5, 5.41) is 0. The average molecular weight is 177 g/mol. The van der Waals surface area contributed by atoms with Crippen molar-refractivity contribution in [3.05, 3.63) is 48.3 Å². The van der Waals surface area contributed by atoms with Gasteiger partial charge in [-0.25, -0.2) is 0 Å². The quantitative estimate of drug-likeness (QED) is 0.541. The summed E-state index contributed by atoms with van der Waals surface area (Å²) >= 11 is 4.30. The molecule has 0 fully saturated rings. The fourth-order valence-corrected chi connectivity index (χ4v) is 1.13. The molecule has 0 aliphatic rings. The third-order valence-electron chi connectivity index (χ3n) is 1.45. The van der Waals surface area contributed by atoms with E-state index in [0.717, 1.165) is 16.0 Å². The number of hydrogen-bond donors (Lipinski definition) is 1. The van der Waals surface area contributed by atoms with Gasteiger partial charge in [-0.05, 0) is 24.6 Å². The predicted molar refractivity (Wildman–Crippen MR) is 56.1 cm³/mol. The molecule has 0 unspecified atom stereocenters. The van der Waals surface area contributed by atoms with Crippen LogP contribution in [0.1, 0.15) is 11.1 Å². The highest BCUT2D eigenvalue weighted by atomic mass is 32.1. The third kappa shape index (κ3) is 2.24. The zero-order valence-corrected chi connectivity index (χ0v) is 7.88. The molecule has 1 nitrogen and oxygen atoms in total. The highest BCUT2D eigenvalue weighted by molar-refractivity contribution is 7.90. The first kappa shape index (κ1) is 9.07. The van der Waals surface area contributed by atoms with Crippen LogP contribution in [-0.4, -0.2) is 4.98 Å². The molecule has 62 valence electrons. The van der Waals surface area contributed by atoms with Crippen molar-refractivity contribution in [2.24, 2.45) is 0 Å². The van der Waals surface area contributed by atoms with Crippen LogP contribution in [0.15, 0.2) is 37.2 Å². The van der Waals surface area contributed by atoms with Gasteiger partial charge in [0.05, 0.1) is 0 Å². The zero-order chi connectivity index (χ0) is 8.97. The number of aromatic nitrogens is 1. The molecule has 1 aromatic heterocycles. The van der Waals surface area contributed by atoms with Crippen molar-refractivity contribution in [1.29, 1.82) is 0 Å². The Kier molecular flexibility index (Phi) is 3.11. The molecule has 2 heteroatoms. The van der Waals surface area contributed by atoms with Gasteiger partial charge in [-0.2, -0.15) is 0 Å². The molecule has 0 saturated heterocycles. The predicted octanol–water partition coefficient (Wildman–Crippen LogP) is 2.85. The number of thiol groups is 1. The normalized spacial score (nSPS) is 11.3. The first-order chi connectivity index (χ1) is 5.74. The Bertz CT molecular complexity index is 315. The summed E-state index contributed by atoms with van der Waals surface area (Å²) in [7, 11) is 0. The molecule has 1 aromatic rings. The minimum absolute atomic E-state index is 0.890.